The van der Waals surface area contributed by atoms with Gasteiger partial charge in [-0.2, -0.15) is 0 Å². The first-order chi connectivity index (χ1) is 10.7. The fourth-order valence-electron chi connectivity index (χ4n) is 3.50. The summed E-state index contributed by atoms with van der Waals surface area (Å²) in [4.78, 5) is 4.15. The Balaban J connectivity index is 2.31. The summed E-state index contributed by atoms with van der Waals surface area (Å²) in [7, 11) is 0. The Morgan fingerprint density at radius 2 is 1.91 bits per heavy atom. The lowest BCUT2D eigenvalue weighted by Crippen LogP contribution is -2.35. The highest BCUT2D eigenvalue weighted by Gasteiger charge is 2.40. The van der Waals surface area contributed by atoms with Crippen molar-refractivity contribution < 1.29 is 5.11 Å². The van der Waals surface area contributed by atoms with E-state index in [4.69, 9.17) is 0 Å². The lowest BCUT2D eigenvalue weighted by Gasteiger charge is -2.40. The maximum Gasteiger partial charge on any atom is 0.120 e. The van der Waals surface area contributed by atoms with E-state index in [1.165, 1.54) is 0 Å². The molecule has 1 aromatic heterocycles. The van der Waals surface area contributed by atoms with Gasteiger partial charge in [0.25, 0.3) is 0 Å². The van der Waals surface area contributed by atoms with Crippen LogP contribution in [-0.4, -0.2) is 10.1 Å². The molecule has 3 rings (SSSR count). The van der Waals surface area contributed by atoms with Gasteiger partial charge in [0.15, 0.2) is 0 Å². The third kappa shape index (κ3) is 2.25. The predicted molar refractivity (Wildman–Crippen MR) is 89.9 cm³/mol. The van der Waals surface area contributed by atoms with Crippen molar-refractivity contribution in [2.24, 2.45) is 5.92 Å². The van der Waals surface area contributed by atoms with Gasteiger partial charge in [-0.1, -0.05) is 48.9 Å². The Bertz CT molecular complexity index is 718. The molecule has 0 saturated heterocycles. The van der Waals surface area contributed by atoms with Crippen LogP contribution in [0.15, 0.2) is 67.0 Å². The molecule has 1 aromatic carbocycles. The van der Waals surface area contributed by atoms with E-state index in [1.54, 1.807) is 6.07 Å². The Morgan fingerprint density at radius 3 is 2.64 bits per heavy atom. The Labute approximate surface area is 131 Å². The van der Waals surface area contributed by atoms with E-state index in [9.17, 15) is 5.11 Å². The summed E-state index contributed by atoms with van der Waals surface area (Å²) in [5, 5.41) is 10.6. The van der Waals surface area contributed by atoms with Crippen LogP contribution in [0.2, 0.25) is 0 Å². The fourth-order valence-corrected chi connectivity index (χ4v) is 3.50. The largest absolute Gasteiger partial charge is 0.508 e. The molecular weight excluding hydrogens is 270 g/mol. The summed E-state index contributed by atoms with van der Waals surface area (Å²) in [6.45, 7) is 4.25. The number of aromatic nitrogens is 1. The van der Waals surface area contributed by atoms with Crippen LogP contribution in [0.3, 0.4) is 0 Å². The van der Waals surface area contributed by atoms with Gasteiger partial charge in [-0.15, -0.1) is 0 Å². The third-order valence-corrected chi connectivity index (χ3v) is 4.59. The van der Waals surface area contributed by atoms with Gasteiger partial charge in [-0.3, -0.25) is 4.98 Å². The number of hydrogen-bond donors (Lipinski definition) is 1. The van der Waals surface area contributed by atoms with Crippen molar-refractivity contribution in [3.63, 3.8) is 0 Å². The molecule has 112 valence electrons. The van der Waals surface area contributed by atoms with Crippen LogP contribution < -0.4 is 0 Å². The normalized spacial score (nSPS) is 23.6. The van der Waals surface area contributed by atoms with E-state index >= 15 is 0 Å². The molecule has 0 spiro atoms. The third-order valence-electron chi connectivity index (χ3n) is 4.59. The summed E-state index contributed by atoms with van der Waals surface area (Å²) in [5.74, 6) is 0.647. The molecule has 1 aliphatic carbocycles. The van der Waals surface area contributed by atoms with Gasteiger partial charge < -0.3 is 5.11 Å². The fraction of sp³-hybridized carbons (Fsp3) is 0.250. The number of hydrogen-bond acceptors (Lipinski definition) is 2. The lowest BCUT2D eigenvalue weighted by molar-refractivity contribution is 0.406. The van der Waals surface area contributed by atoms with Crippen LogP contribution in [0.1, 0.15) is 30.0 Å². The highest BCUT2D eigenvalue weighted by atomic mass is 16.3. The van der Waals surface area contributed by atoms with E-state index < -0.39 is 0 Å². The zero-order valence-electron chi connectivity index (χ0n) is 13.0. The molecule has 1 aliphatic rings. The number of pyridine rings is 1. The maximum atomic E-state index is 10.6. The topological polar surface area (TPSA) is 33.1 Å². The van der Waals surface area contributed by atoms with E-state index in [2.05, 4.69) is 49.2 Å². The maximum absolute atomic E-state index is 10.6. The molecule has 2 nitrogen and oxygen atoms in total. The van der Waals surface area contributed by atoms with Gasteiger partial charge in [0, 0.05) is 23.4 Å². The molecule has 2 unspecified atom stereocenters. The van der Waals surface area contributed by atoms with Gasteiger partial charge in [-0.25, -0.2) is 0 Å². The SMILES string of the molecule is CCC1C=CC=CC1(c1ccncc1)c1cc(C)ccc1O. The average molecular weight is 291 g/mol. The Hall–Kier alpha value is -2.35. The minimum absolute atomic E-state index is 0.299. The summed E-state index contributed by atoms with van der Waals surface area (Å²) < 4.78 is 0. The molecule has 1 N–H and O–H groups in total. The first-order valence-corrected chi connectivity index (χ1v) is 7.75. The standard InChI is InChI=1S/C20H21NO/c1-3-16-6-4-5-11-20(16,17-9-12-21-13-10-17)18-14-15(2)7-8-19(18)22/h4-14,16,22H,3H2,1-2H3. The number of aryl methyl sites for hydroxylation is 1. The summed E-state index contributed by atoms with van der Waals surface area (Å²) >= 11 is 0. The second-order valence-corrected chi connectivity index (χ2v) is 5.88. The monoisotopic (exact) mass is 291 g/mol. The molecule has 0 saturated carbocycles. The van der Waals surface area contributed by atoms with E-state index in [1.807, 2.05) is 30.6 Å². The minimum atomic E-state index is -0.345. The molecule has 22 heavy (non-hydrogen) atoms. The zero-order valence-corrected chi connectivity index (χ0v) is 13.0. The Morgan fingerprint density at radius 1 is 1.14 bits per heavy atom. The first kappa shape index (κ1) is 14.6. The predicted octanol–water partition coefficient (Wildman–Crippen LogP) is 4.53. The van der Waals surface area contributed by atoms with E-state index in [0.717, 1.165) is 23.1 Å². The van der Waals surface area contributed by atoms with Gasteiger partial charge in [0.2, 0.25) is 0 Å². The zero-order chi connectivity index (χ0) is 15.6. The second kappa shape index (κ2) is 5.80. The van der Waals surface area contributed by atoms with Crippen LogP contribution in [0.5, 0.6) is 5.75 Å². The van der Waals surface area contributed by atoms with Gasteiger partial charge in [-0.05, 0) is 43.0 Å². The van der Waals surface area contributed by atoms with Crippen molar-refractivity contribution >= 4 is 0 Å². The molecule has 2 atom stereocenters. The van der Waals surface area contributed by atoms with Crippen molar-refractivity contribution in [2.75, 3.05) is 0 Å². The average Bonchev–Trinajstić information content (AvgIpc) is 2.57. The first-order valence-electron chi connectivity index (χ1n) is 7.75. The van der Waals surface area contributed by atoms with Gasteiger partial charge in [0.05, 0.1) is 0 Å². The number of nitrogens with zero attached hydrogens (tertiary/aromatic N) is 1. The molecule has 0 aliphatic heterocycles. The highest BCUT2D eigenvalue weighted by molar-refractivity contribution is 5.54. The number of phenolic OH excluding ortho intramolecular Hbond substituents is 1. The van der Waals surface area contributed by atoms with Gasteiger partial charge in [0.1, 0.15) is 5.75 Å². The van der Waals surface area contributed by atoms with Crippen molar-refractivity contribution in [2.45, 2.75) is 25.7 Å². The highest BCUT2D eigenvalue weighted by Crippen LogP contribution is 2.47. The molecule has 2 aromatic rings. The van der Waals surface area contributed by atoms with Crippen molar-refractivity contribution in [3.8, 4) is 5.75 Å². The quantitative estimate of drug-likeness (QED) is 0.901. The summed E-state index contributed by atoms with van der Waals surface area (Å²) in [5.41, 5.74) is 2.93. The Kier molecular flexibility index (Phi) is 3.84. The van der Waals surface area contributed by atoms with Crippen molar-refractivity contribution in [1.29, 1.82) is 0 Å². The molecule has 0 radical (unpaired) electrons. The summed E-state index contributed by atoms with van der Waals surface area (Å²) in [6.07, 6.45) is 13.3. The number of allylic oxidation sites excluding steroid dienone is 4. The second-order valence-electron chi connectivity index (χ2n) is 5.88. The molecule has 2 heteroatoms. The van der Waals surface area contributed by atoms with Crippen molar-refractivity contribution in [3.05, 3.63) is 83.7 Å². The van der Waals surface area contributed by atoms with Gasteiger partial charge >= 0.3 is 0 Å². The smallest absolute Gasteiger partial charge is 0.120 e. The van der Waals surface area contributed by atoms with E-state index in [0.29, 0.717) is 11.7 Å². The van der Waals surface area contributed by atoms with Crippen LogP contribution in [0, 0.1) is 12.8 Å². The van der Waals surface area contributed by atoms with Crippen LogP contribution in [0.4, 0.5) is 0 Å². The van der Waals surface area contributed by atoms with Crippen LogP contribution >= 0.6 is 0 Å². The number of aromatic hydroxyl groups is 1. The van der Waals surface area contributed by atoms with Crippen LogP contribution in [-0.2, 0) is 5.41 Å². The molecule has 0 amide bonds. The minimum Gasteiger partial charge on any atom is -0.508 e. The molecule has 0 bridgehead atoms. The summed E-state index contributed by atoms with van der Waals surface area (Å²) in [6, 6.07) is 9.94. The number of phenols is 1. The van der Waals surface area contributed by atoms with Crippen molar-refractivity contribution in [1.82, 2.24) is 4.98 Å². The number of rotatable bonds is 3. The molecule has 1 heterocycles. The lowest BCUT2D eigenvalue weighted by atomic mass is 9.63. The molecular formula is C20H21NO. The van der Waals surface area contributed by atoms with Crippen LogP contribution in [0.25, 0.3) is 0 Å². The number of benzene rings is 1. The van der Waals surface area contributed by atoms with E-state index in [-0.39, 0.29) is 5.41 Å². The molecule has 0 fully saturated rings.